The number of para-hydroxylation sites is 2. The lowest BCUT2D eigenvalue weighted by Gasteiger charge is -2.25. The number of anilines is 3. The Balaban J connectivity index is 0.946. The fraction of sp³-hybridized carbons (Fsp3) is 0. The van der Waals surface area contributed by atoms with Crippen molar-refractivity contribution in [2.45, 2.75) is 0 Å². The molecule has 0 bridgehead atoms. The number of aromatic nitrogens is 1. The number of benzene rings is 9. The summed E-state index contributed by atoms with van der Waals surface area (Å²) in [6, 6.07) is 68.5. The average molecular weight is 761 g/mol. The zero-order chi connectivity index (χ0) is 38.2. The average Bonchev–Trinajstić information content (AvgIpc) is 4.01. The van der Waals surface area contributed by atoms with Crippen molar-refractivity contribution in [3.63, 3.8) is 0 Å². The molecular formula is C53H32N2O2S. The molecule has 0 aliphatic carbocycles. The van der Waals surface area contributed by atoms with E-state index in [0.717, 1.165) is 88.7 Å². The van der Waals surface area contributed by atoms with Gasteiger partial charge in [-0.3, -0.25) is 0 Å². The van der Waals surface area contributed by atoms with Crippen LogP contribution >= 0.6 is 11.3 Å². The Morgan fingerprint density at radius 1 is 0.379 bits per heavy atom. The molecule has 4 nitrogen and oxygen atoms in total. The molecule has 0 radical (unpaired) electrons. The molecule has 0 saturated carbocycles. The molecule has 5 heteroatoms. The van der Waals surface area contributed by atoms with E-state index >= 15 is 0 Å². The van der Waals surface area contributed by atoms with E-state index < -0.39 is 0 Å². The second-order valence-electron chi connectivity index (χ2n) is 14.7. The molecule has 0 amide bonds. The number of thiophene rings is 1. The maximum absolute atomic E-state index is 6.76. The molecule has 0 fully saturated rings. The predicted molar refractivity (Wildman–Crippen MR) is 243 cm³/mol. The van der Waals surface area contributed by atoms with Crippen LogP contribution in [0.5, 0.6) is 0 Å². The number of rotatable bonds is 6. The summed E-state index contributed by atoms with van der Waals surface area (Å²) in [5.74, 6) is 0.615. The summed E-state index contributed by atoms with van der Waals surface area (Å²) in [5.41, 5.74) is 11.9. The van der Waals surface area contributed by atoms with Crippen molar-refractivity contribution in [2.75, 3.05) is 4.90 Å². The van der Waals surface area contributed by atoms with Crippen LogP contribution in [0.1, 0.15) is 0 Å². The van der Waals surface area contributed by atoms with E-state index in [1.165, 1.54) is 20.2 Å². The summed E-state index contributed by atoms with van der Waals surface area (Å²) < 4.78 is 15.9. The third-order valence-electron chi connectivity index (χ3n) is 11.3. The van der Waals surface area contributed by atoms with Crippen molar-refractivity contribution in [1.29, 1.82) is 0 Å². The highest BCUT2D eigenvalue weighted by atomic mass is 32.1. The van der Waals surface area contributed by atoms with Crippen LogP contribution < -0.4 is 4.90 Å². The summed E-state index contributed by atoms with van der Waals surface area (Å²) in [7, 11) is 0. The number of hydrogen-bond acceptors (Lipinski definition) is 5. The van der Waals surface area contributed by atoms with Gasteiger partial charge >= 0.3 is 0 Å². The van der Waals surface area contributed by atoms with E-state index in [0.29, 0.717) is 5.89 Å². The van der Waals surface area contributed by atoms with Crippen molar-refractivity contribution < 1.29 is 8.83 Å². The fourth-order valence-corrected chi connectivity index (χ4v) is 9.63. The number of furan rings is 1. The first-order chi connectivity index (χ1) is 28.7. The van der Waals surface area contributed by atoms with Gasteiger partial charge in [0.05, 0.1) is 0 Å². The molecular weight excluding hydrogens is 729 g/mol. The molecule has 0 N–H and O–H groups in total. The number of hydrogen-bond donors (Lipinski definition) is 0. The van der Waals surface area contributed by atoms with E-state index in [9.17, 15) is 0 Å². The number of fused-ring (bicyclic) bond motifs is 9. The van der Waals surface area contributed by atoms with E-state index in [2.05, 4.69) is 163 Å². The monoisotopic (exact) mass is 760 g/mol. The molecule has 0 aliphatic heterocycles. The van der Waals surface area contributed by atoms with Crippen molar-refractivity contribution in [2.24, 2.45) is 0 Å². The lowest BCUT2D eigenvalue weighted by Crippen LogP contribution is -2.09. The van der Waals surface area contributed by atoms with Crippen LogP contribution in [0.4, 0.5) is 17.1 Å². The van der Waals surface area contributed by atoms with Crippen LogP contribution in [0.2, 0.25) is 0 Å². The number of nitrogens with zero attached hydrogens (tertiary/aromatic N) is 2. The maximum Gasteiger partial charge on any atom is 0.227 e. The maximum atomic E-state index is 6.76. The minimum Gasteiger partial charge on any atom is -0.455 e. The largest absolute Gasteiger partial charge is 0.455 e. The van der Waals surface area contributed by atoms with Gasteiger partial charge in [0.15, 0.2) is 5.58 Å². The molecule has 0 spiro atoms. The summed E-state index contributed by atoms with van der Waals surface area (Å²) in [6.45, 7) is 0. The Morgan fingerprint density at radius 3 is 1.91 bits per heavy atom. The molecule has 12 rings (SSSR count). The molecule has 3 aromatic heterocycles. The van der Waals surface area contributed by atoms with Crippen LogP contribution in [-0.2, 0) is 0 Å². The molecule has 0 atom stereocenters. The van der Waals surface area contributed by atoms with Gasteiger partial charge in [-0.05, 0) is 107 Å². The SMILES string of the molecule is c1ccc(-c2nc3cccc(-c4cc5c6ccc(-c7ccc(N(c8ccccc8)c8ccc9sc%10ccccc%10c9c8)cc7)cc6oc5c5ccccc45)c3o2)cc1. The van der Waals surface area contributed by atoms with Gasteiger partial charge in [-0.2, -0.15) is 0 Å². The molecule has 0 unspecified atom stereocenters. The van der Waals surface area contributed by atoms with Crippen LogP contribution in [0, 0.1) is 0 Å². The molecule has 272 valence electrons. The highest BCUT2D eigenvalue weighted by Crippen LogP contribution is 2.44. The number of oxazole rings is 1. The summed E-state index contributed by atoms with van der Waals surface area (Å²) in [6.07, 6.45) is 0. The van der Waals surface area contributed by atoms with Gasteiger partial charge < -0.3 is 13.7 Å². The topological polar surface area (TPSA) is 42.4 Å². The first-order valence-corrected chi connectivity index (χ1v) is 20.3. The first kappa shape index (κ1) is 32.7. The summed E-state index contributed by atoms with van der Waals surface area (Å²) in [4.78, 5) is 7.20. The minimum absolute atomic E-state index is 0.615. The van der Waals surface area contributed by atoms with Gasteiger partial charge in [-0.1, -0.05) is 109 Å². The van der Waals surface area contributed by atoms with Crippen molar-refractivity contribution in [3.05, 3.63) is 194 Å². The molecule has 12 aromatic rings. The zero-order valence-electron chi connectivity index (χ0n) is 31.1. The summed E-state index contributed by atoms with van der Waals surface area (Å²) in [5, 5.41) is 6.88. The fourth-order valence-electron chi connectivity index (χ4n) is 8.55. The highest BCUT2D eigenvalue weighted by molar-refractivity contribution is 7.25. The molecule has 0 saturated heterocycles. The molecule has 0 aliphatic rings. The quantitative estimate of drug-likeness (QED) is 0.169. The van der Waals surface area contributed by atoms with Gasteiger partial charge in [0.25, 0.3) is 0 Å². The van der Waals surface area contributed by atoms with E-state index in [1.54, 1.807) is 0 Å². The Labute approximate surface area is 337 Å². The molecule has 9 aromatic carbocycles. The molecule has 3 heterocycles. The van der Waals surface area contributed by atoms with Crippen LogP contribution in [0.3, 0.4) is 0 Å². The minimum atomic E-state index is 0.615. The molecule has 58 heavy (non-hydrogen) atoms. The zero-order valence-corrected chi connectivity index (χ0v) is 31.9. The van der Waals surface area contributed by atoms with Crippen LogP contribution in [0.15, 0.2) is 203 Å². The highest BCUT2D eigenvalue weighted by Gasteiger charge is 2.20. The standard InChI is InChI=1S/C53H32N2O2S/c1-3-12-34(13-4-1)53-54-47-20-11-19-43(52(47)57-53)44-32-46-40-28-24-35(30-48(40)56-51(46)42-18-8-7-16-39(42)44)33-22-25-37(26-23-33)55(36-14-5-2-6-15-36)38-27-29-50-45(31-38)41-17-9-10-21-49(41)58-50/h1-32H. The van der Waals surface area contributed by atoms with Crippen LogP contribution in [0.25, 0.3) is 97.7 Å². The lowest BCUT2D eigenvalue weighted by molar-refractivity contribution is 0.621. The Bertz CT molecular complexity index is 3510. The van der Waals surface area contributed by atoms with Gasteiger partial charge in [0, 0.05) is 64.5 Å². The predicted octanol–water partition coefficient (Wildman–Crippen LogP) is 15.7. The third-order valence-corrected chi connectivity index (χ3v) is 12.4. The van der Waals surface area contributed by atoms with Crippen molar-refractivity contribution in [1.82, 2.24) is 4.98 Å². The Morgan fingerprint density at radius 2 is 1.07 bits per heavy atom. The van der Waals surface area contributed by atoms with Crippen molar-refractivity contribution in [3.8, 4) is 33.7 Å². The second-order valence-corrected chi connectivity index (χ2v) is 15.8. The first-order valence-electron chi connectivity index (χ1n) is 19.4. The van der Waals surface area contributed by atoms with E-state index in [4.69, 9.17) is 13.8 Å². The smallest absolute Gasteiger partial charge is 0.227 e. The van der Waals surface area contributed by atoms with Gasteiger partial charge in [0.1, 0.15) is 16.7 Å². The lowest BCUT2D eigenvalue weighted by atomic mass is 9.94. The van der Waals surface area contributed by atoms with E-state index in [-0.39, 0.29) is 0 Å². The third kappa shape index (κ3) is 5.25. The van der Waals surface area contributed by atoms with E-state index in [1.807, 2.05) is 47.7 Å². The van der Waals surface area contributed by atoms with Gasteiger partial charge in [-0.25, -0.2) is 4.98 Å². The summed E-state index contributed by atoms with van der Waals surface area (Å²) >= 11 is 1.84. The normalized spacial score (nSPS) is 11.8. The Kier molecular flexibility index (Phi) is 7.37. The van der Waals surface area contributed by atoms with Gasteiger partial charge in [-0.15, -0.1) is 11.3 Å². The van der Waals surface area contributed by atoms with Crippen LogP contribution in [-0.4, -0.2) is 4.98 Å². The van der Waals surface area contributed by atoms with Gasteiger partial charge in [0.2, 0.25) is 5.89 Å². The Hall–Kier alpha value is -7.47. The second kappa shape index (κ2) is 13.1. The van der Waals surface area contributed by atoms with Crippen molar-refractivity contribution >= 4 is 92.4 Å².